The van der Waals surface area contributed by atoms with Gasteiger partial charge in [0, 0.05) is 32.7 Å². The molecule has 4 rings (SSSR count). The van der Waals surface area contributed by atoms with Crippen molar-refractivity contribution in [1.29, 1.82) is 0 Å². The normalized spacial score (nSPS) is 21.2. The Balaban J connectivity index is 1.44. The van der Waals surface area contributed by atoms with Gasteiger partial charge in [0.15, 0.2) is 5.13 Å². The van der Waals surface area contributed by atoms with Crippen molar-refractivity contribution in [2.24, 2.45) is 0 Å². The lowest BCUT2D eigenvalue weighted by Crippen LogP contribution is -2.57. The molecule has 0 aliphatic carbocycles. The van der Waals surface area contributed by atoms with Gasteiger partial charge in [-0.3, -0.25) is 4.79 Å². The summed E-state index contributed by atoms with van der Waals surface area (Å²) in [6.07, 6.45) is 3.49. The Kier molecular flexibility index (Phi) is 6.17. The molecule has 2 saturated heterocycles. The lowest BCUT2D eigenvalue weighted by molar-refractivity contribution is -0.136. The number of thiazole rings is 1. The molecule has 0 spiro atoms. The summed E-state index contributed by atoms with van der Waals surface area (Å²) in [5.41, 5.74) is 0.879. The second-order valence-electron chi connectivity index (χ2n) is 7.73. The third-order valence-electron chi connectivity index (χ3n) is 5.70. The largest absolute Gasteiger partial charge is 0.492 e. The summed E-state index contributed by atoms with van der Waals surface area (Å²) in [5, 5.41) is 0.930. The number of fused-ring (bicyclic) bond motifs is 1. The molecule has 1 amide bonds. The van der Waals surface area contributed by atoms with Crippen LogP contribution in [0.15, 0.2) is 18.2 Å². The maximum atomic E-state index is 13.1. The summed E-state index contributed by atoms with van der Waals surface area (Å²) in [7, 11) is -3.38. The average molecular weight is 453 g/mol. The highest BCUT2D eigenvalue weighted by Crippen LogP contribution is 2.34. The number of rotatable bonds is 5. The molecule has 0 bridgehead atoms. The van der Waals surface area contributed by atoms with E-state index >= 15 is 0 Å². The van der Waals surface area contributed by atoms with Crippen molar-refractivity contribution in [2.75, 3.05) is 50.5 Å². The summed E-state index contributed by atoms with van der Waals surface area (Å²) < 4.78 is 32.4. The molecule has 1 aromatic heterocycles. The van der Waals surface area contributed by atoms with Crippen LogP contribution in [0.3, 0.4) is 0 Å². The molecule has 30 heavy (non-hydrogen) atoms. The predicted molar refractivity (Wildman–Crippen MR) is 119 cm³/mol. The summed E-state index contributed by atoms with van der Waals surface area (Å²) >= 11 is 1.63. The zero-order valence-electron chi connectivity index (χ0n) is 17.4. The fourth-order valence-corrected chi connectivity index (χ4v) is 6.35. The minimum absolute atomic E-state index is 0.0669. The Labute approximate surface area is 181 Å². The zero-order valence-corrected chi connectivity index (χ0v) is 19.0. The molecule has 1 unspecified atom stereocenters. The summed E-state index contributed by atoms with van der Waals surface area (Å²) in [6, 6.07) is 5.39. The van der Waals surface area contributed by atoms with Crippen LogP contribution in [0.2, 0.25) is 0 Å². The van der Waals surface area contributed by atoms with Crippen molar-refractivity contribution in [3.05, 3.63) is 18.2 Å². The van der Waals surface area contributed by atoms with Gasteiger partial charge in [-0.1, -0.05) is 23.8 Å². The summed E-state index contributed by atoms with van der Waals surface area (Å²) in [5.74, 6) is 0.729. The Morgan fingerprint density at radius 2 is 1.97 bits per heavy atom. The number of carbonyl (C=O) groups is 1. The van der Waals surface area contributed by atoms with Crippen LogP contribution in [0.5, 0.6) is 5.75 Å². The van der Waals surface area contributed by atoms with E-state index in [-0.39, 0.29) is 5.91 Å². The van der Waals surface area contributed by atoms with Crippen LogP contribution in [0, 0.1) is 0 Å². The predicted octanol–water partition coefficient (Wildman–Crippen LogP) is 2.16. The number of piperazine rings is 1. The lowest BCUT2D eigenvalue weighted by Gasteiger charge is -2.39. The van der Waals surface area contributed by atoms with E-state index in [0.29, 0.717) is 45.8 Å². The van der Waals surface area contributed by atoms with Crippen molar-refractivity contribution in [3.8, 4) is 5.75 Å². The highest BCUT2D eigenvalue weighted by atomic mass is 32.2. The van der Waals surface area contributed by atoms with Crippen molar-refractivity contribution in [2.45, 2.75) is 32.2 Å². The summed E-state index contributed by atoms with van der Waals surface area (Å²) in [4.78, 5) is 21.9. The smallest absolute Gasteiger partial charge is 0.241 e. The molecule has 2 aromatic rings. The SMILES string of the molecule is CCOc1cccc2sc(N3CCN(C(=O)C4CCCCN4S(C)(=O)=O)CC3)nc12. The number of amides is 1. The molecule has 0 N–H and O–H groups in total. The van der Waals surface area contributed by atoms with Crippen molar-refractivity contribution >= 4 is 42.6 Å². The molecule has 3 heterocycles. The third-order valence-corrected chi connectivity index (χ3v) is 8.07. The maximum Gasteiger partial charge on any atom is 0.241 e. The third kappa shape index (κ3) is 4.26. The number of sulfonamides is 1. The van der Waals surface area contributed by atoms with E-state index in [1.807, 2.05) is 30.0 Å². The van der Waals surface area contributed by atoms with Crippen molar-refractivity contribution in [1.82, 2.24) is 14.2 Å². The van der Waals surface area contributed by atoms with E-state index in [0.717, 1.165) is 33.9 Å². The average Bonchev–Trinajstić information content (AvgIpc) is 3.18. The van der Waals surface area contributed by atoms with E-state index in [9.17, 15) is 13.2 Å². The standard InChI is InChI=1S/C20H28N4O4S2/c1-3-28-16-8-6-9-17-18(16)21-20(29-17)23-13-11-22(12-14-23)19(25)15-7-4-5-10-24(15)30(2,26)27/h6,8-9,15H,3-5,7,10-14H2,1-2H3. The molecule has 164 valence electrons. The number of hydrogen-bond donors (Lipinski definition) is 0. The first kappa shape index (κ1) is 21.3. The van der Waals surface area contributed by atoms with Gasteiger partial charge < -0.3 is 14.5 Å². The van der Waals surface area contributed by atoms with Gasteiger partial charge in [0.05, 0.1) is 17.6 Å². The van der Waals surface area contributed by atoms with Gasteiger partial charge in [0.1, 0.15) is 17.3 Å². The van der Waals surface area contributed by atoms with Gasteiger partial charge in [-0.25, -0.2) is 13.4 Å². The Hall–Kier alpha value is -1.91. The number of anilines is 1. The Morgan fingerprint density at radius 1 is 1.20 bits per heavy atom. The number of para-hydroxylation sites is 1. The molecule has 2 aliphatic rings. The first-order valence-electron chi connectivity index (χ1n) is 10.4. The topological polar surface area (TPSA) is 83.0 Å². The Morgan fingerprint density at radius 3 is 2.67 bits per heavy atom. The number of benzene rings is 1. The number of aromatic nitrogens is 1. The molecule has 0 saturated carbocycles. The first-order valence-corrected chi connectivity index (χ1v) is 13.1. The van der Waals surface area contributed by atoms with E-state index < -0.39 is 16.1 Å². The van der Waals surface area contributed by atoms with Crippen LogP contribution < -0.4 is 9.64 Å². The van der Waals surface area contributed by atoms with Crippen LogP contribution >= 0.6 is 11.3 Å². The van der Waals surface area contributed by atoms with E-state index in [1.54, 1.807) is 11.3 Å². The van der Waals surface area contributed by atoms with Crippen LogP contribution in [0.25, 0.3) is 10.2 Å². The van der Waals surface area contributed by atoms with Crippen molar-refractivity contribution < 1.29 is 17.9 Å². The van der Waals surface area contributed by atoms with Gasteiger partial charge >= 0.3 is 0 Å². The van der Waals surface area contributed by atoms with Gasteiger partial charge in [0.2, 0.25) is 15.9 Å². The van der Waals surface area contributed by atoms with Crippen LogP contribution in [0.1, 0.15) is 26.2 Å². The minimum Gasteiger partial charge on any atom is -0.492 e. The van der Waals surface area contributed by atoms with Gasteiger partial charge in [0.25, 0.3) is 0 Å². The molecular formula is C20H28N4O4S2. The lowest BCUT2D eigenvalue weighted by atomic mass is 10.0. The van der Waals surface area contributed by atoms with Crippen LogP contribution in [-0.4, -0.2) is 80.1 Å². The molecule has 1 aromatic carbocycles. The van der Waals surface area contributed by atoms with Crippen LogP contribution in [0.4, 0.5) is 5.13 Å². The number of nitrogens with zero attached hydrogens (tertiary/aromatic N) is 4. The molecule has 2 aliphatic heterocycles. The van der Waals surface area contributed by atoms with Gasteiger partial charge in [-0.2, -0.15) is 4.31 Å². The molecule has 2 fully saturated rings. The fourth-order valence-electron chi connectivity index (χ4n) is 4.20. The second kappa shape index (κ2) is 8.68. The van der Waals surface area contributed by atoms with E-state index in [2.05, 4.69) is 4.90 Å². The molecule has 0 radical (unpaired) electrons. The highest BCUT2D eigenvalue weighted by Gasteiger charge is 2.37. The number of piperidine rings is 1. The van der Waals surface area contributed by atoms with Crippen LogP contribution in [-0.2, 0) is 14.8 Å². The van der Waals surface area contributed by atoms with Crippen molar-refractivity contribution in [3.63, 3.8) is 0 Å². The van der Waals surface area contributed by atoms with Gasteiger partial charge in [-0.05, 0) is 31.9 Å². The second-order valence-corrected chi connectivity index (χ2v) is 10.7. The fraction of sp³-hybridized carbons (Fsp3) is 0.600. The van der Waals surface area contributed by atoms with Gasteiger partial charge in [-0.15, -0.1) is 0 Å². The molecule has 8 nitrogen and oxygen atoms in total. The Bertz CT molecular complexity index is 1010. The molecule has 10 heteroatoms. The maximum absolute atomic E-state index is 13.1. The van der Waals surface area contributed by atoms with E-state index in [4.69, 9.17) is 9.72 Å². The summed E-state index contributed by atoms with van der Waals surface area (Å²) in [6.45, 7) is 5.49. The minimum atomic E-state index is -3.38. The van der Waals surface area contributed by atoms with E-state index in [1.165, 1.54) is 10.6 Å². The molecular weight excluding hydrogens is 424 g/mol. The quantitative estimate of drug-likeness (QED) is 0.691. The monoisotopic (exact) mass is 452 g/mol. The number of carbonyl (C=O) groups excluding carboxylic acids is 1. The molecule has 1 atom stereocenters. The highest BCUT2D eigenvalue weighted by molar-refractivity contribution is 7.88. The zero-order chi connectivity index (χ0) is 21.3. The number of hydrogen-bond acceptors (Lipinski definition) is 7. The first-order chi connectivity index (χ1) is 14.4. The number of ether oxygens (including phenoxy) is 1.